The molecule has 1 atom stereocenters. The van der Waals surface area contributed by atoms with E-state index in [1.807, 2.05) is 50.4 Å². The van der Waals surface area contributed by atoms with Gasteiger partial charge in [-0.25, -0.2) is 0 Å². The number of carbonyl (C=O) groups excluding carboxylic acids is 1. The van der Waals surface area contributed by atoms with E-state index in [0.29, 0.717) is 0 Å². The van der Waals surface area contributed by atoms with Gasteiger partial charge in [-0.2, -0.15) is 0 Å². The third-order valence-corrected chi connectivity index (χ3v) is 4.10. The lowest BCUT2D eigenvalue weighted by Gasteiger charge is -2.29. The first-order valence-electron chi connectivity index (χ1n) is 7.29. The molecule has 3 heteroatoms. The molecular formula is C18H20N2O. The van der Waals surface area contributed by atoms with Crippen LogP contribution >= 0.6 is 0 Å². The molecule has 0 spiro atoms. The number of likely N-dealkylation sites (N-methyl/N-ethyl adjacent to an activating group) is 1. The SMILES string of the molecule is Cc1cccc(N(C)C(=O)C2Cc3ccccc3CN2)c1. The smallest absolute Gasteiger partial charge is 0.244 e. The highest BCUT2D eigenvalue weighted by molar-refractivity contribution is 5.97. The van der Waals surface area contributed by atoms with Gasteiger partial charge in [-0.15, -0.1) is 0 Å². The fourth-order valence-electron chi connectivity index (χ4n) is 2.83. The quantitative estimate of drug-likeness (QED) is 0.917. The molecule has 1 unspecified atom stereocenters. The summed E-state index contributed by atoms with van der Waals surface area (Å²) < 4.78 is 0. The minimum absolute atomic E-state index is 0.120. The summed E-state index contributed by atoms with van der Waals surface area (Å²) in [5.74, 6) is 0.120. The Kier molecular flexibility index (Phi) is 3.76. The monoisotopic (exact) mass is 280 g/mol. The zero-order valence-corrected chi connectivity index (χ0v) is 12.5. The van der Waals surface area contributed by atoms with E-state index in [1.54, 1.807) is 4.90 Å². The van der Waals surface area contributed by atoms with Crippen LogP contribution in [0.25, 0.3) is 0 Å². The number of hydrogen-bond donors (Lipinski definition) is 1. The average Bonchev–Trinajstić information content (AvgIpc) is 2.53. The van der Waals surface area contributed by atoms with Gasteiger partial charge >= 0.3 is 0 Å². The molecule has 0 aliphatic carbocycles. The first-order valence-corrected chi connectivity index (χ1v) is 7.29. The van der Waals surface area contributed by atoms with Crippen LogP contribution in [0.2, 0.25) is 0 Å². The van der Waals surface area contributed by atoms with Crippen molar-refractivity contribution in [3.05, 3.63) is 65.2 Å². The first kappa shape index (κ1) is 13.8. The maximum atomic E-state index is 12.7. The number of carbonyl (C=O) groups is 1. The maximum Gasteiger partial charge on any atom is 0.244 e. The summed E-state index contributed by atoms with van der Waals surface area (Å²) in [6.07, 6.45) is 0.755. The number of benzene rings is 2. The predicted molar refractivity (Wildman–Crippen MR) is 85.4 cm³/mol. The highest BCUT2D eigenvalue weighted by Gasteiger charge is 2.26. The normalized spacial score (nSPS) is 17.1. The third kappa shape index (κ3) is 2.83. The van der Waals surface area contributed by atoms with Crippen LogP contribution in [0.15, 0.2) is 48.5 Å². The van der Waals surface area contributed by atoms with Crippen LogP contribution in [0.1, 0.15) is 16.7 Å². The summed E-state index contributed by atoms with van der Waals surface area (Å²) in [7, 11) is 1.85. The Bertz CT molecular complexity index is 666. The molecule has 0 saturated carbocycles. The molecule has 1 N–H and O–H groups in total. The summed E-state index contributed by atoms with van der Waals surface area (Å²) in [4.78, 5) is 14.4. The zero-order chi connectivity index (χ0) is 14.8. The topological polar surface area (TPSA) is 32.3 Å². The minimum Gasteiger partial charge on any atom is -0.314 e. The molecule has 1 amide bonds. The lowest BCUT2D eigenvalue weighted by atomic mass is 9.95. The van der Waals surface area contributed by atoms with Crippen molar-refractivity contribution in [3.8, 4) is 0 Å². The molecule has 1 aliphatic heterocycles. The summed E-state index contributed by atoms with van der Waals surface area (Å²) in [6.45, 7) is 2.80. The number of amides is 1. The van der Waals surface area contributed by atoms with Crippen molar-refractivity contribution in [1.29, 1.82) is 0 Å². The van der Waals surface area contributed by atoms with Gasteiger partial charge in [-0.1, -0.05) is 36.4 Å². The van der Waals surface area contributed by atoms with Crippen molar-refractivity contribution in [2.45, 2.75) is 25.9 Å². The maximum absolute atomic E-state index is 12.7. The highest BCUT2D eigenvalue weighted by atomic mass is 16.2. The Balaban J connectivity index is 1.77. The molecular weight excluding hydrogens is 260 g/mol. The van der Waals surface area contributed by atoms with E-state index in [9.17, 15) is 4.79 Å². The standard InChI is InChI=1S/C18H20N2O/c1-13-6-5-9-16(10-13)20(2)18(21)17-11-14-7-3-4-8-15(14)12-19-17/h3-10,17,19H,11-12H2,1-2H3. The van der Waals surface area contributed by atoms with Crippen LogP contribution in [-0.2, 0) is 17.8 Å². The first-order chi connectivity index (χ1) is 10.1. The number of hydrogen-bond acceptors (Lipinski definition) is 2. The van der Waals surface area contributed by atoms with Gasteiger partial charge in [0.2, 0.25) is 5.91 Å². The van der Waals surface area contributed by atoms with E-state index in [4.69, 9.17) is 0 Å². The van der Waals surface area contributed by atoms with Gasteiger partial charge in [-0.05, 0) is 42.2 Å². The number of nitrogens with one attached hydrogen (secondary N) is 1. The lowest BCUT2D eigenvalue weighted by Crippen LogP contribution is -2.48. The van der Waals surface area contributed by atoms with E-state index in [0.717, 1.165) is 24.2 Å². The highest BCUT2D eigenvalue weighted by Crippen LogP contribution is 2.20. The van der Waals surface area contributed by atoms with Crippen molar-refractivity contribution in [3.63, 3.8) is 0 Å². The second kappa shape index (κ2) is 5.70. The minimum atomic E-state index is -0.148. The van der Waals surface area contributed by atoms with Crippen molar-refractivity contribution < 1.29 is 4.79 Å². The van der Waals surface area contributed by atoms with Crippen molar-refractivity contribution >= 4 is 11.6 Å². The van der Waals surface area contributed by atoms with Gasteiger partial charge in [0.25, 0.3) is 0 Å². The van der Waals surface area contributed by atoms with Gasteiger partial charge in [0.05, 0.1) is 6.04 Å². The van der Waals surface area contributed by atoms with Gasteiger partial charge in [0, 0.05) is 19.3 Å². The number of rotatable bonds is 2. The molecule has 2 aromatic rings. The largest absolute Gasteiger partial charge is 0.314 e. The molecule has 3 rings (SSSR count). The van der Waals surface area contributed by atoms with Crippen LogP contribution in [-0.4, -0.2) is 19.0 Å². The molecule has 1 aliphatic rings. The molecule has 2 aromatic carbocycles. The van der Waals surface area contributed by atoms with E-state index in [1.165, 1.54) is 11.1 Å². The third-order valence-electron chi connectivity index (χ3n) is 4.10. The van der Waals surface area contributed by atoms with Gasteiger partial charge in [0.1, 0.15) is 0 Å². The van der Waals surface area contributed by atoms with E-state index in [2.05, 4.69) is 17.4 Å². The Labute approximate surface area is 125 Å². The predicted octanol–water partition coefficient (Wildman–Crippen LogP) is 2.67. The van der Waals surface area contributed by atoms with Crippen LogP contribution in [0.4, 0.5) is 5.69 Å². The molecule has 0 aromatic heterocycles. The van der Waals surface area contributed by atoms with E-state index >= 15 is 0 Å². The van der Waals surface area contributed by atoms with Gasteiger partial charge in [0.15, 0.2) is 0 Å². The molecule has 3 nitrogen and oxygen atoms in total. The molecule has 1 heterocycles. The average molecular weight is 280 g/mol. The summed E-state index contributed by atoms with van der Waals surface area (Å²) >= 11 is 0. The Morgan fingerprint density at radius 1 is 1.14 bits per heavy atom. The second-order valence-corrected chi connectivity index (χ2v) is 5.64. The second-order valence-electron chi connectivity index (χ2n) is 5.64. The number of fused-ring (bicyclic) bond motifs is 1. The zero-order valence-electron chi connectivity index (χ0n) is 12.5. The van der Waals surface area contributed by atoms with Crippen LogP contribution in [0.3, 0.4) is 0 Å². The van der Waals surface area contributed by atoms with Crippen LogP contribution in [0.5, 0.6) is 0 Å². The van der Waals surface area contributed by atoms with E-state index in [-0.39, 0.29) is 11.9 Å². The Hall–Kier alpha value is -2.13. The van der Waals surface area contributed by atoms with Crippen LogP contribution in [0, 0.1) is 6.92 Å². The lowest BCUT2D eigenvalue weighted by molar-refractivity contribution is -0.120. The Morgan fingerprint density at radius 3 is 2.67 bits per heavy atom. The molecule has 0 bridgehead atoms. The molecule has 108 valence electrons. The summed E-state index contributed by atoms with van der Waals surface area (Å²) in [6, 6.07) is 16.2. The number of nitrogens with zero attached hydrogens (tertiary/aromatic N) is 1. The Morgan fingerprint density at radius 2 is 1.90 bits per heavy atom. The molecule has 0 radical (unpaired) electrons. The molecule has 0 saturated heterocycles. The van der Waals surface area contributed by atoms with Crippen molar-refractivity contribution in [2.24, 2.45) is 0 Å². The van der Waals surface area contributed by atoms with Crippen LogP contribution < -0.4 is 10.2 Å². The van der Waals surface area contributed by atoms with E-state index < -0.39 is 0 Å². The fourth-order valence-corrected chi connectivity index (χ4v) is 2.83. The number of aryl methyl sites for hydroxylation is 1. The van der Waals surface area contributed by atoms with Gasteiger partial charge in [-0.3, -0.25) is 4.79 Å². The van der Waals surface area contributed by atoms with Crippen molar-refractivity contribution in [2.75, 3.05) is 11.9 Å². The van der Waals surface area contributed by atoms with Gasteiger partial charge < -0.3 is 10.2 Å². The molecule has 0 fully saturated rings. The summed E-state index contributed by atoms with van der Waals surface area (Å²) in [5, 5.41) is 3.35. The summed E-state index contributed by atoms with van der Waals surface area (Å²) in [5.41, 5.74) is 4.67. The fraction of sp³-hybridized carbons (Fsp3) is 0.278. The van der Waals surface area contributed by atoms with Crippen molar-refractivity contribution in [1.82, 2.24) is 5.32 Å². The number of anilines is 1. The molecule has 21 heavy (non-hydrogen) atoms.